The average molecular weight is 434 g/mol. The van der Waals surface area contributed by atoms with Crippen molar-refractivity contribution in [1.82, 2.24) is 15.2 Å². The molecule has 1 saturated heterocycles. The molecule has 160 valence electrons. The lowest BCUT2D eigenvalue weighted by atomic mass is 9.94. The number of rotatable bonds is 6. The molecule has 1 aliphatic rings. The summed E-state index contributed by atoms with van der Waals surface area (Å²) in [5.41, 5.74) is 4.36. The maximum Gasteiger partial charge on any atom is 0.224 e. The van der Waals surface area contributed by atoms with Crippen LogP contribution in [-0.4, -0.2) is 28.9 Å². The molecule has 0 aliphatic carbocycles. The van der Waals surface area contributed by atoms with E-state index in [0.29, 0.717) is 0 Å². The first-order valence-electron chi connectivity index (χ1n) is 10.8. The van der Waals surface area contributed by atoms with Crippen LogP contribution in [0, 0.1) is 12.8 Å². The van der Waals surface area contributed by atoms with Crippen LogP contribution in [0.15, 0.2) is 72.9 Å². The Morgan fingerprint density at radius 1 is 1.06 bits per heavy atom. The fourth-order valence-corrected chi connectivity index (χ4v) is 4.22. The molecule has 4 nitrogen and oxygen atoms in total. The fourth-order valence-electron chi connectivity index (χ4n) is 4.10. The van der Waals surface area contributed by atoms with Gasteiger partial charge in [0.2, 0.25) is 5.91 Å². The quantitative estimate of drug-likeness (QED) is 0.583. The van der Waals surface area contributed by atoms with Crippen LogP contribution >= 0.6 is 11.6 Å². The van der Waals surface area contributed by atoms with Crippen LogP contribution in [0.5, 0.6) is 0 Å². The largest absolute Gasteiger partial charge is 0.343 e. The molecule has 3 aromatic rings. The normalized spacial score (nSPS) is 16.1. The van der Waals surface area contributed by atoms with Crippen molar-refractivity contribution in [3.63, 3.8) is 0 Å². The van der Waals surface area contributed by atoms with Gasteiger partial charge in [-0.1, -0.05) is 59.6 Å². The highest BCUT2D eigenvalue weighted by Gasteiger charge is 2.27. The van der Waals surface area contributed by atoms with Crippen LogP contribution < -0.4 is 5.32 Å². The number of carbonyl (C=O) groups excluding carboxylic acids is 1. The van der Waals surface area contributed by atoms with E-state index in [0.717, 1.165) is 48.8 Å². The summed E-state index contributed by atoms with van der Waals surface area (Å²) in [6.07, 6.45) is 3.50. The first-order chi connectivity index (χ1) is 15.1. The van der Waals surface area contributed by atoms with E-state index < -0.39 is 0 Å². The Bertz CT molecular complexity index is 981. The van der Waals surface area contributed by atoms with Gasteiger partial charge in [0.1, 0.15) is 0 Å². The van der Waals surface area contributed by atoms with Crippen molar-refractivity contribution in [2.75, 3.05) is 13.1 Å². The van der Waals surface area contributed by atoms with Gasteiger partial charge in [0.15, 0.2) is 0 Å². The number of aryl methyl sites for hydroxylation is 1. The zero-order chi connectivity index (χ0) is 21.6. The summed E-state index contributed by atoms with van der Waals surface area (Å²) < 4.78 is 0. The molecule has 1 amide bonds. The SMILES string of the molecule is Cc1ccc(C(NC(=O)C2CCN(Cc3ccc(Cl)cc3)CC2)c2ccccn2)cc1. The average Bonchev–Trinajstić information content (AvgIpc) is 2.81. The number of amides is 1. The van der Waals surface area contributed by atoms with Gasteiger partial charge in [-0.3, -0.25) is 14.7 Å². The van der Waals surface area contributed by atoms with Gasteiger partial charge in [0.25, 0.3) is 0 Å². The zero-order valence-corrected chi connectivity index (χ0v) is 18.6. The van der Waals surface area contributed by atoms with E-state index in [1.54, 1.807) is 6.20 Å². The molecular weight excluding hydrogens is 406 g/mol. The minimum absolute atomic E-state index is 0.0260. The second kappa shape index (κ2) is 10.1. The van der Waals surface area contributed by atoms with Gasteiger partial charge < -0.3 is 5.32 Å². The van der Waals surface area contributed by atoms with Crippen molar-refractivity contribution in [3.8, 4) is 0 Å². The van der Waals surface area contributed by atoms with Crippen LogP contribution in [-0.2, 0) is 11.3 Å². The Kier molecular flexibility index (Phi) is 7.00. The van der Waals surface area contributed by atoms with Gasteiger partial charge >= 0.3 is 0 Å². The first-order valence-corrected chi connectivity index (χ1v) is 11.2. The van der Waals surface area contributed by atoms with E-state index in [4.69, 9.17) is 11.6 Å². The lowest BCUT2D eigenvalue weighted by molar-refractivity contribution is -0.127. The van der Waals surface area contributed by atoms with Crippen LogP contribution in [0.25, 0.3) is 0 Å². The third-order valence-corrected chi connectivity index (χ3v) is 6.21. The molecule has 1 unspecified atom stereocenters. The number of pyridine rings is 1. The number of nitrogens with one attached hydrogen (secondary N) is 1. The third-order valence-electron chi connectivity index (χ3n) is 5.96. The van der Waals surface area contributed by atoms with E-state index in [2.05, 4.69) is 58.5 Å². The van der Waals surface area contributed by atoms with Gasteiger partial charge in [0.05, 0.1) is 11.7 Å². The summed E-state index contributed by atoms with van der Waals surface area (Å²) in [6, 6.07) is 21.9. The van der Waals surface area contributed by atoms with Crippen molar-refractivity contribution in [3.05, 3.63) is 100 Å². The molecule has 1 aromatic heterocycles. The Morgan fingerprint density at radius 2 is 1.77 bits per heavy atom. The smallest absolute Gasteiger partial charge is 0.224 e. The lowest BCUT2D eigenvalue weighted by Crippen LogP contribution is -2.41. The van der Waals surface area contributed by atoms with Gasteiger partial charge in [-0.25, -0.2) is 0 Å². The molecule has 1 aliphatic heterocycles. The summed E-state index contributed by atoms with van der Waals surface area (Å²) in [6.45, 7) is 4.79. The zero-order valence-electron chi connectivity index (χ0n) is 17.8. The van der Waals surface area contributed by atoms with Crippen LogP contribution in [0.4, 0.5) is 0 Å². The highest BCUT2D eigenvalue weighted by molar-refractivity contribution is 6.30. The molecular formula is C26H28ClN3O. The second-order valence-electron chi connectivity index (χ2n) is 8.28. The monoisotopic (exact) mass is 433 g/mol. The molecule has 1 N–H and O–H groups in total. The van der Waals surface area contributed by atoms with Gasteiger partial charge in [0, 0.05) is 23.7 Å². The van der Waals surface area contributed by atoms with E-state index >= 15 is 0 Å². The number of benzene rings is 2. The predicted octanol–water partition coefficient (Wildman–Crippen LogP) is 5.16. The molecule has 2 heterocycles. The minimum Gasteiger partial charge on any atom is -0.343 e. The number of hydrogen-bond donors (Lipinski definition) is 1. The summed E-state index contributed by atoms with van der Waals surface area (Å²) in [7, 11) is 0. The third kappa shape index (κ3) is 5.72. The Labute approximate surface area is 189 Å². The number of nitrogens with zero attached hydrogens (tertiary/aromatic N) is 2. The van der Waals surface area contributed by atoms with Crippen molar-refractivity contribution in [1.29, 1.82) is 0 Å². The Morgan fingerprint density at radius 3 is 2.42 bits per heavy atom. The number of hydrogen-bond acceptors (Lipinski definition) is 3. The number of carbonyl (C=O) groups is 1. The van der Waals surface area contributed by atoms with Crippen LogP contribution in [0.2, 0.25) is 5.02 Å². The van der Waals surface area contributed by atoms with E-state index in [9.17, 15) is 4.79 Å². The van der Waals surface area contributed by atoms with Crippen LogP contribution in [0.1, 0.15) is 41.3 Å². The summed E-state index contributed by atoms with van der Waals surface area (Å²) in [5, 5.41) is 4.03. The Hall–Kier alpha value is -2.69. The summed E-state index contributed by atoms with van der Waals surface area (Å²) in [4.78, 5) is 20.1. The van der Waals surface area contributed by atoms with Crippen molar-refractivity contribution >= 4 is 17.5 Å². The van der Waals surface area contributed by atoms with Crippen molar-refractivity contribution < 1.29 is 4.79 Å². The van der Waals surface area contributed by atoms with Gasteiger partial charge in [-0.05, 0) is 68.2 Å². The fraction of sp³-hybridized carbons (Fsp3) is 0.308. The summed E-state index contributed by atoms with van der Waals surface area (Å²) in [5.74, 6) is 0.139. The number of aromatic nitrogens is 1. The molecule has 5 heteroatoms. The standard InChI is InChI=1S/C26H28ClN3O/c1-19-5-9-21(10-6-19)25(24-4-2-3-15-28-24)29-26(31)22-13-16-30(17-14-22)18-20-7-11-23(27)12-8-20/h2-12,15,22,25H,13-14,16-18H2,1H3,(H,29,31). The molecule has 1 atom stereocenters. The maximum absolute atomic E-state index is 13.2. The van der Waals surface area contributed by atoms with E-state index in [1.807, 2.05) is 30.3 Å². The molecule has 0 radical (unpaired) electrons. The highest BCUT2D eigenvalue weighted by Crippen LogP contribution is 2.24. The van der Waals surface area contributed by atoms with Crippen LogP contribution in [0.3, 0.4) is 0 Å². The number of halogens is 1. The van der Waals surface area contributed by atoms with Crippen molar-refractivity contribution in [2.45, 2.75) is 32.4 Å². The van der Waals surface area contributed by atoms with Crippen molar-refractivity contribution in [2.24, 2.45) is 5.92 Å². The maximum atomic E-state index is 13.2. The topological polar surface area (TPSA) is 45.2 Å². The molecule has 2 aromatic carbocycles. The lowest BCUT2D eigenvalue weighted by Gasteiger charge is -2.32. The predicted molar refractivity (Wildman–Crippen MR) is 125 cm³/mol. The Balaban J connectivity index is 1.39. The molecule has 31 heavy (non-hydrogen) atoms. The molecule has 1 fully saturated rings. The minimum atomic E-state index is -0.235. The highest BCUT2D eigenvalue weighted by atomic mass is 35.5. The molecule has 0 bridgehead atoms. The molecule has 0 spiro atoms. The second-order valence-corrected chi connectivity index (χ2v) is 8.72. The summed E-state index contributed by atoms with van der Waals surface area (Å²) >= 11 is 5.98. The first kappa shape index (κ1) is 21.5. The van der Waals surface area contributed by atoms with E-state index in [1.165, 1.54) is 11.1 Å². The molecule has 0 saturated carbocycles. The number of likely N-dealkylation sites (tertiary alicyclic amines) is 1. The number of piperidine rings is 1. The molecule has 4 rings (SSSR count). The van der Waals surface area contributed by atoms with Gasteiger partial charge in [-0.2, -0.15) is 0 Å². The van der Waals surface area contributed by atoms with Gasteiger partial charge in [-0.15, -0.1) is 0 Å². The van der Waals surface area contributed by atoms with E-state index in [-0.39, 0.29) is 17.9 Å².